The minimum atomic E-state index is -9.60. The van der Waals surface area contributed by atoms with E-state index in [1.165, 1.54) is 6.07 Å². The van der Waals surface area contributed by atoms with Crippen molar-refractivity contribution in [3.8, 4) is 5.75 Å². The van der Waals surface area contributed by atoms with Gasteiger partial charge in [-0.1, -0.05) is 146 Å². The number of ether oxygens (including phenoxy) is 4. The van der Waals surface area contributed by atoms with Crippen molar-refractivity contribution in [1.29, 1.82) is 0 Å². The molecule has 32 heteroatoms. The van der Waals surface area contributed by atoms with E-state index in [1.54, 1.807) is 0 Å². The molecule has 8 rings (SSSR count). The molecule has 6 aromatic rings. The second-order valence-corrected chi connectivity index (χ2v) is 20.4. The molecule has 2 aliphatic rings. The summed E-state index contributed by atoms with van der Waals surface area (Å²) in [6.07, 6.45) is -46.0. The van der Waals surface area contributed by atoms with Crippen LogP contribution in [0, 0.1) is 5.41 Å². The number of hydrogen-bond donors (Lipinski definition) is 0. The Morgan fingerprint density at radius 1 is 0.393 bits per heavy atom. The smallest absolute Gasteiger partial charge is 0.460 e. The van der Waals surface area contributed by atoms with Gasteiger partial charge in [0.15, 0.2) is 5.60 Å². The van der Waals surface area contributed by atoms with Crippen LogP contribution in [0.1, 0.15) is 24.5 Å². The van der Waals surface area contributed by atoms with E-state index in [0.29, 0.717) is 43.3 Å². The lowest BCUT2D eigenvalue weighted by Gasteiger charge is -2.62. The summed E-state index contributed by atoms with van der Waals surface area (Å²) in [5, 5.41) is -4.53. The molecule has 0 saturated heterocycles. The minimum Gasteiger partial charge on any atom is -0.475 e. The number of hydrogen-bond acceptors (Lipinski definition) is 4. The highest BCUT2D eigenvalue weighted by molar-refractivity contribution is 5.89. The van der Waals surface area contributed by atoms with Gasteiger partial charge >= 0.3 is 72.1 Å². The van der Waals surface area contributed by atoms with E-state index in [2.05, 4.69) is 4.74 Å². The minimum absolute atomic E-state index is 0.112. The van der Waals surface area contributed by atoms with Gasteiger partial charge in [0.2, 0.25) is 11.2 Å². The third-order valence-corrected chi connectivity index (χ3v) is 15.6. The van der Waals surface area contributed by atoms with Crippen LogP contribution in [0.5, 0.6) is 5.75 Å². The number of benzene rings is 6. The van der Waals surface area contributed by atoms with Gasteiger partial charge in [0.05, 0.1) is 19.3 Å². The molecule has 0 bridgehead atoms. The van der Waals surface area contributed by atoms with E-state index in [-0.39, 0.29) is 29.0 Å². The molecule has 486 valence electrons. The van der Waals surface area contributed by atoms with Crippen LogP contribution < -0.4 is 4.74 Å². The molecule has 0 heterocycles. The second-order valence-electron chi connectivity index (χ2n) is 20.4. The summed E-state index contributed by atoms with van der Waals surface area (Å²) in [5.41, 5.74) is -41.2. The van der Waals surface area contributed by atoms with Crippen LogP contribution in [0.3, 0.4) is 0 Å². The van der Waals surface area contributed by atoms with Crippen molar-refractivity contribution in [2.75, 3.05) is 13.2 Å². The molecular weight excluding hydrogens is 1280 g/mol. The van der Waals surface area contributed by atoms with Gasteiger partial charge in [-0.25, -0.2) is 0 Å². The third-order valence-electron chi connectivity index (χ3n) is 15.6. The summed E-state index contributed by atoms with van der Waals surface area (Å²) in [6.45, 7) is -7.62. The van der Waals surface area contributed by atoms with Crippen molar-refractivity contribution < 1.29 is 142 Å². The molecule has 0 amide bonds. The second kappa shape index (κ2) is 21.7. The van der Waals surface area contributed by atoms with Crippen LogP contribution in [0.2, 0.25) is 0 Å². The summed E-state index contributed by atoms with van der Waals surface area (Å²) in [7, 11) is 0. The number of allylic oxidation sites excluding steroid dienone is 2. The summed E-state index contributed by atoms with van der Waals surface area (Å²) in [4.78, 5) is 0. The van der Waals surface area contributed by atoms with E-state index in [0.717, 1.165) is 60.7 Å². The predicted octanol–water partition coefficient (Wildman–Crippen LogP) is 18.8. The average Bonchev–Trinajstić information content (AvgIpc) is 1.45. The Morgan fingerprint density at radius 3 is 1.27 bits per heavy atom. The molecule has 1 saturated carbocycles. The predicted molar refractivity (Wildman–Crippen MR) is 259 cm³/mol. The van der Waals surface area contributed by atoms with Crippen LogP contribution in [-0.4, -0.2) is 108 Å². The molecule has 5 unspecified atom stereocenters. The fourth-order valence-electron chi connectivity index (χ4n) is 11.8. The first kappa shape index (κ1) is 68.2. The Labute approximate surface area is 481 Å². The summed E-state index contributed by atoms with van der Waals surface area (Å²) in [5.74, 6) is -76.8. The van der Waals surface area contributed by atoms with Gasteiger partial charge in [-0.2, -0.15) is 123 Å². The van der Waals surface area contributed by atoms with Crippen LogP contribution in [-0.2, 0) is 27.2 Å². The first-order chi connectivity index (χ1) is 40.7. The van der Waals surface area contributed by atoms with Gasteiger partial charge in [-0.05, 0) is 62.5 Å². The summed E-state index contributed by atoms with van der Waals surface area (Å²) >= 11 is 0. The molecule has 89 heavy (non-hydrogen) atoms. The van der Waals surface area contributed by atoms with Crippen LogP contribution >= 0.6 is 0 Å². The lowest BCUT2D eigenvalue weighted by Crippen LogP contribution is -2.92. The Balaban J connectivity index is 1.86. The standard InChI is InChI=1S/C57H38F28O4/c1-2-28-86-41-26-12-25-40-42(41,46(58,59)50(66,67)54(74,75)76)44(48(62,63)52(70,71)56(80,81)82,89-39-24-11-19-33-15-5-8-23-38(33)39)45(49(64,65)53(72,73)57(83,84)85,88-30-35-20-10-17-32-14-4-7-22-37(32)35)43(40,47(60,61)51(68,69)55(77,78)79)87-29-27-34-18-9-16-31-13-3-6-21-36(31)34/h3-26,41H,2,27-30H2,1H3. The SMILES string of the molecule is CCCOC1C=CC=C2C(OCCc3cccc4ccccc34)(C(F)(F)C(F)(F)C(F)(F)F)C(OCc3cccc4ccccc34)(C(F)(F)C(F)(F)C(F)(F)F)C(Oc3cccc4ccccc34)(C(F)(F)C(F)(F)C(F)(F)F)C21C(F)(F)C(F)(F)C(F)(F)F. The van der Waals surface area contributed by atoms with Crippen molar-refractivity contribution >= 4 is 32.3 Å². The quantitative estimate of drug-likeness (QED) is 0.0714. The van der Waals surface area contributed by atoms with E-state index in [1.807, 2.05) is 0 Å². The molecular formula is C57H38F28O4. The first-order valence-electron chi connectivity index (χ1n) is 25.4. The highest BCUT2D eigenvalue weighted by Gasteiger charge is 3.12. The maximum absolute atomic E-state index is 19.4. The zero-order valence-corrected chi connectivity index (χ0v) is 44.2. The number of fused-ring (bicyclic) bond motifs is 4. The molecule has 4 nitrogen and oxygen atoms in total. The molecule has 1 fully saturated rings. The topological polar surface area (TPSA) is 36.9 Å². The summed E-state index contributed by atoms with van der Waals surface area (Å²) in [6, 6.07) is 14.2. The molecule has 0 aromatic heterocycles. The third kappa shape index (κ3) is 9.08. The average molecular weight is 1320 g/mol. The van der Waals surface area contributed by atoms with Crippen LogP contribution in [0.25, 0.3) is 32.3 Å². The first-order valence-corrected chi connectivity index (χ1v) is 25.4. The zero-order chi connectivity index (χ0) is 66.7. The van der Waals surface area contributed by atoms with Crippen molar-refractivity contribution in [3.63, 3.8) is 0 Å². The van der Waals surface area contributed by atoms with Crippen molar-refractivity contribution in [2.24, 2.45) is 5.41 Å². The monoisotopic (exact) mass is 1320 g/mol. The lowest BCUT2D eigenvalue weighted by atomic mass is 9.54. The largest absolute Gasteiger partial charge is 0.475 e. The molecule has 5 atom stereocenters. The Kier molecular flexibility index (Phi) is 16.7. The van der Waals surface area contributed by atoms with Crippen molar-refractivity contribution in [1.82, 2.24) is 0 Å². The Morgan fingerprint density at radius 2 is 0.787 bits per heavy atom. The Hall–Kier alpha value is -6.70. The van der Waals surface area contributed by atoms with E-state index in [4.69, 9.17) is 14.2 Å². The maximum Gasteiger partial charge on any atom is 0.460 e. The number of halogens is 28. The van der Waals surface area contributed by atoms with E-state index in [9.17, 15) is 0 Å². The van der Waals surface area contributed by atoms with Gasteiger partial charge in [0.25, 0.3) is 0 Å². The maximum atomic E-state index is 19.4. The van der Waals surface area contributed by atoms with Crippen LogP contribution in [0.15, 0.2) is 151 Å². The number of rotatable bonds is 20. The van der Waals surface area contributed by atoms with E-state index < -0.39 is 201 Å². The zero-order valence-electron chi connectivity index (χ0n) is 44.2. The summed E-state index contributed by atoms with van der Waals surface area (Å²) < 4.78 is 495. The molecule has 2 aliphatic carbocycles. The molecule has 6 aromatic carbocycles. The molecule has 0 N–H and O–H groups in total. The normalized spacial score (nSPS) is 23.1. The highest BCUT2D eigenvalue weighted by atomic mass is 19.5. The van der Waals surface area contributed by atoms with Gasteiger partial charge < -0.3 is 18.9 Å². The Bertz CT molecular complexity index is 3640. The van der Waals surface area contributed by atoms with Gasteiger partial charge in [-0.3, -0.25) is 0 Å². The highest BCUT2D eigenvalue weighted by Crippen LogP contribution is 2.85. The fraction of sp³-hybridized carbons (Fsp3) is 0.404. The van der Waals surface area contributed by atoms with Gasteiger partial charge in [-0.15, -0.1) is 0 Å². The molecule has 0 spiro atoms. The van der Waals surface area contributed by atoms with Crippen molar-refractivity contribution in [3.05, 3.63) is 162 Å². The lowest BCUT2D eigenvalue weighted by molar-refractivity contribution is -0.498. The van der Waals surface area contributed by atoms with Gasteiger partial charge in [0.1, 0.15) is 11.2 Å². The molecule has 0 aliphatic heterocycles. The fourth-order valence-corrected chi connectivity index (χ4v) is 11.8. The number of alkyl halides is 28. The molecule has 0 radical (unpaired) electrons. The van der Waals surface area contributed by atoms with Crippen LogP contribution in [0.4, 0.5) is 123 Å². The van der Waals surface area contributed by atoms with E-state index >= 15 is 123 Å². The van der Waals surface area contributed by atoms with Crippen molar-refractivity contribution in [2.45, 2.75) is 121 Å². The van der Waals surface area contributed by atoms with Gasteiger partial charge in [0, 0.05) is 12.0 Å².